The largest absolute Gasteiger partial charge is 0.494 e. The Morgan fingerprint density at radius 3 is 2.65 bits per heavy atom. The van der Waals surface area contributed by atoms with Crippen molar-refractivity contribution >= 4 is 0 Å². The second-order valence-electron chi connectivity index (χ2n) is 5.70. The van der Waals surface area contributed by atoms with Crippen LogP contribution >= 0.6 is 0 Å². The zero-order valence-corrected chi connectivity index (χ0v) is 11.3. The molecule has 0 aromatic heterocycles. The predicted octanol–water partition coefficient (Wildman–Crippen LogP) is 3.39. The van der Waals surface area contributed by atoms with Crippen LogP contribution in [0.4, 0.5) is 0 Å². The Morgan fingerprint density at radius 1 is 1.24 bits per heavy atom. The molecule has 96 valence electrons. The third-order valence-electron chi connectivity index (χ3n) is 2.67. The molecule has 0 saturated carbocycles. The summed E-state index contributed by atoms with van der Waals surface area (Å²) in [7, 11) is 0. The fourth-order valence-electron chi connectivity index (χ4n) is 1.75. The molecule has 0 amide bonds. The van der Waals surface area contributed by atoms with Crippen LogP contribution in [-0.2, 0) is 6.42 Å². The molecule has 0 fully saturated rings. The summed E-state index contributed by atoms with van der Waals surface area (Å²) >= 11 is 0. The molecular weight excluding hydrogens is 210 g/mol. The van der Waals surface area contributed by atoms with Crippen molar-refractivity contribution in [1.82, 2.24) is 0 Å². The number of hydrogen-bond acceptors (Lipinski definition) is 2. The molecule has 0 heterocycles. The maximum Gasteiger partial charge on any atom is 0.119 e. The number of ether oxygens (including phenoxy) is 1. The minimum Gasteiger partial charge on any atom is -0.494 e. The Balaban J connectivity index is 2.34. The standard InChI is InChI=1S/C15H25NO/c1-15(2,3)9-5-11-17-14-7-4-6-13(12-14)8-10-16/h4,6-7,12H,5,8-11,16H2,1-3H3. The van der Waals surface area contributed by atoms with Gasteiger partial charge in [0, 0.05) is 0 Å². The van der Waals surface area contributed by atoms with Gasteiger partial charge in [0.25, 0.3) is 0 Å². The molecule has 0 unspecified atom stereocenters. The van der Waals surface area contributed by atoms with Crippen LogP contribution in [0.25, 0.3) is 0 Å². The van der Waals surface area contributed by atoms with E-state index >= 15 is 0 Å². The summed E-state index contributed by atoms with van der Waals surface area (Å²) in [4.78, 5) is 0. The van der Waals surface area contributed by atoms with Gasteiger partial charge in [-0.3, -0.25) is 0 Å². The SMILES string of the molecule is CC(C)(C)CCCOc1cccc(CCN)c1. The number of benzene rings is 1. The predicted molar refractivity (Wildman–Crippen MR) is 73.4 cm³/mol. The maximum absolute atomic E-state index is 5.75. The third kappa shape index (κ3) is 6.32. The summed E-state index contributed by atoms with van der Waals surface area (Å²) in [6.45, 7) is 8.26. The van der Waals surface area contributed by atoms with E-state index in [0.717, 1.165) is 25.2 Å². The van der Waals surface area contributed by atoms with Crippen molar-refractivity contribution in [2.45, 2.75) is 40.0 Å². The third-order valence-corrected chi connectivity index (χ3v) is 2.67. The topological polar surface area (TPSA) is 35.2 Å². The lowest BCUT2D eigenvalue weighted by atomic mass is 9.91. The van der Waals surface area contributed by atoms with E-state index in [-0.39, 0.29) is 0 Å². The fourth-order valence-corrected chi connectivity index (χ4v) is 1.75. The highest BCUT2D eigenvalue weighted by Crippen LogP contribution is 2.21. The van der Waals surface area contributed by atoms with Crippen molar-refractivity contribution in [3.8, 4) is 5.75 Å². The Kier molecular flexibility index (Phi) is 5.49. The molecular formula is C15H25NO. The minimum atomic E-state index is 0.394. The lowest BCUT2D eigenvalue weighted by Gasteiger charge is -2.17. The van der Waals surface area contributed by atoms with Crippen LogP contribution in [0.15, 0.2) is 24.3 Å². The first-order chi connectivity index (χ1) is 8.01. The van der Waals surface area contributed by atoms with Gasteiger partial charge in [-0.15, -0.1) is 0 Å². The monoisotopic (exact) mass is 235 g/mol. The second kappa shape index (κ2) is 6.65. The van der Waals surface area contributed by atoms with Crippen LogP contribution < -0.4 is 10.5 Å². The highest BCUT2D eigenvalue weighted by atomic mass is 16.5. The highest BCUT2D eigenvalue weighted by Gasteiger charge is 2.09. The Labute approximate surface area is 105 Å². The van der Waals surface area contributed by atoms with E-state index in [2.05, 4.69) is 32.9 Å². The van der Waals surface area contributed by atoms with E-state index in [0.29, 0.717) is 12.0 Å². The number of hydrogen-bond donors (Lipinski definition) is 1. The average Bonchev–Trinajstić information content (AvgIpc) is 2.24. The van der Waals surface area contributed by atoms with E-state index in [4.69, 9.17) is 10.5 Å². The van der Waals surface area contributed by atoms with Crippen molar-refractivity contribution in [3.05, 3.63) is 29.8 Å². The summed E-state index contributed by atoms with van der Waals surface area (Å²) < 4.78 is 5.75. The number of rotatable bonds is 6. The van der Waals surface area contributed by atoms with Gasteiger partial charge in [-0.1, -0.05) is 32.9 Å². The van der Waals surface area contributed by atoms with Crippen LogP contribution in [-0.4, -0.2) is 13.2 Å². The molecule has 1 rings (SSSR count). The molecule has 0 saturated heterocycles. The Hall–Kier alpha value is -1.02. The first-order valence-corrected chi connectivity index (χ1v) is 6.43. The van der Waals surface area contributed by atoms with Crippen LogP contribution in [0, 0.1) is 5.41 Å². The smallest absolute Gasteiger partial charge is 0.119 e. The highest BCUT2D eigenvalue weighted by molar-refractivity contribution is 5.28. The molecule has 1 aromatic carbocycles. The van der Waals surface area contributed by atoms with Crippen molar-refractivity contribution in [2.24, 2.45) is 11.1 Å². The van der Waals surface area contributed by atoms with Crippen molar-refractivity contribution in [1.29, 1.82) is 0 Å². The van der Waals surface area contributed by atoms with Gasteiger partial charge in [0.2, 0.25) is 0 Å². The molecule has 2 N–H and O–H groups in total. The molecule has 2 heteroatoms. The number of nitrogens with two attached hydrogens (primary N) is 1. The van der Waals surface area contributed by atoms with E-state index in [9.17, 15) is 0 Å². The van der Waals surface area contributed by atoms with Crippen LogP contribution in [0.2, 0.25) is 0 Å². The summed E-state index contributed by atoms with van der Waals surface area (Å²) in [5, 5.41) is 0. The van der Waals surface area contributed by atoms with Crippen LogP contribution in [0.1, 0.15) is 39.2 Å². The molecule has 0 aliphatic heterocycles. The lowest BCUT2D eigenvalue weighted by molar-refractivity contribution is 0.269. The molecule has 0 spiro atoms. The molecule has 0 radical (unpaired) electrons. The van der Waals surface area contributed by atoms with Gasteiger partial charge >= 0.3 is 0 Å². The molecule has 0 bridgehead atoms. The lowest BCUT2D eigenvalue weighted by Crippen LogP contribution is -2.08. The van der Waals surface area contributed by atoms with Crippen LogP contribution in [0.3, 0.4) is 0 Å². The minimum absolute atomic E-state index is 0.394. The van der Waals surface area contributed by atoms with E-state index in [1.54, 1.807) is 0 Å². The first kappa shape index (κ1) is 14.0. The van der Waals surface area contributed by atoms with Crippen molar-refractivity contribution in [2.75, 3.05) is 13.2 Å². The van der Waals surface area contributed by atoms with Gasteiger partial charge < -0.3 is 10.5 Å². The van der Waals surface area contributed by atoms with Gasteiger partial charge in [-0.05, 0) is 48.9 Å². The van der Waals surface area contributed by atoms with Gasteiger partial charge in [0.1, 0.15) is 5.75 Å². The fraction of sp³-hybridized carbons (Fsp3) is 0.600. The van der Waals surface area contributed by atoms with Gasteiger partial charge in [-0.25, -0.2) is 0 Å². The van der Waals surface area contributed by atoms with Crippen molar-refractivity contribution in [3.63, 3.8) is 0 Å². The molecule has 17 heavy (non-hydrogen) atoms. The summed E-state index contributed by atoms with van der Waals surface area (Å²) in [5.74, 6) is 0.963. The summed E-state index contributed by atoms with van der Waals surface area (Å²) in [6.07, 6.45) is 3.21. The van der Waals surface area contributed by atoms with Crippen molar-refractivity contribution < 1.29 is 4.74 Å². The summed E-state index contributed by atoms with van der Waals surface area (Å²) in [5.41, 5.74) is 7.18. The van der Waals surface area contributed by atoms with Gasteiger partial charge in [-0.2, -0.15) is 0 Å². The molecule has 0 aliphatic rings. The van der Waals surface area contributed by atoms with E-state index in [1.165, 1.54) is 12.0 Å². The van der Waals surface area contributed by atoms with E-state index in [1.807, 2.05) is 12.1 Å². The molecule has 2 nitrogen and oxygen atoms in total. The molecule has 1 aromatic rings. The zero-order valence-electron chi connectivity index (χ0n) is 11.3. The average molecular weight is 235 g/mol. The second-order valence-corrected chi connectivity index (χ2v) is 5.70. The maximum atomic E-state index is 5.75. The summed E-state index contributed by atoms with van der Waals surface area (Å²) in [6, 6.07) is 8.22. The van der Waals surface area contributed by atoms with Crippen LogP contribution in [0.5, 0.6) is 5.75 Å². The van der Waals surface area contributed by atoms with Gasteiger partial charge in [0.05, 0.1) is 6.61 Å². The quantitative estimate of drug-likeness (QED) is 0.767. The van der Waals surface area contributed by atoms with E-state index < -0.39 is 0 Å². The first-order valence-electron chi connectivity index (χ1n) is 6.43. The Bertz CT molecular complexity index is 328. The molecule has 0 aliphatic carbocycles. The zero-order chi connectivity index (χ0) is 12.7. The normalized spacial score (nSPS) is 11.5. The molecule has 0 atom stereocenters. The Morgan fingerprint density at radius 2 is 2.00 bits per heavy atom. The van der Waals surface area contributed by atoms with Gasteiger partial charge in [0.15, 0.2) is 0 Å².